The van der Waals surface area contributed by atoms with E-state index in [1.807, 2.05) is 20.8 Å². The molecule has 0 aliphatic heterocycles. The van der Waals surface area contributed by atoms with Crippen LogP contribution in [0, 0.1) is 17.2 Å². The maximum Gasteiger partial charge on any atom is 0.0656 e. The van der Waals surface area contributed by atoms with Crippen LogP contribution in [0.4, 0.5) is 0 Å². The average molecular weight is 140 g/mol. The van der Waals surface area contributed by atoms with Crippen molar-refractivity contribution in [3.8, 4) is 6.07 Å². The molecule has 2 N–H and O–H groups in total. The molecule has 1 unspecified atom stereocenters. The molecule has 0 amide bonds. The maximum atomic E-state index is 8.58. The number of nitrogens with zero attached hydrogens (tertiary/aromatic N) is 1. The molecule has 0 fully saturated rings. The van der Waals surface area contributed by atoms with Gasteiger partial charge in [-0.2, -0.15) is 5.26 Å². The molecule has 0 radical (unpaired) electrons. The zero-order valence-corrected chi connectivity index (χ0v) is 7.02. The van der Waals surface area contributed by atoms with E-state index < -0.39 is 0 Å². The molecule has 0 spiro atoms. The van der Waals surface area contributed by atoms with E-state index in [-0.39, 0.29) is 11.5 Å². The highest BCUT2D eigenvalue weighted by Gasteiger charge is 2.16. The number of hydrogen-bond donors (Lipinski definition) is 1. The van der Waals surface area contributed by atoms with Crippen molar-refractivity contribution in [1.82, 2.24) is 0 Å². The maximum absolute atomic E-state index is 8.58. The fourth-order valence-electron chi connectivity index (χ4n) is 0.916. The van der Waals surface area contributed by atoms with Gasteiger partial charge in [-0.3, -0.25) is 0 Å². The molecular weight excluding hydrogens is 124 g/mol. The highest BCUT2D eigenvalue weighted by Crippen LogP contribution is 2.15. The largest absolute Gasteiger partial charge is 0.326 e. The van der Waals surface area contributed by atoms with Crippen molar-refractivity contribution in [3.05, 3.63) is 0 Å². The van der Waals surface area contributed by atoms with Crippen molar-refractivity contribution in [3.63, 3.8) is 0 Å². The standard InChI is InChI=1S/C8H16N2/c1-4-7(6-9)5-8(2,3)10/h7H,4-5,10H2,1-3H3. The fourth-order valence-corrected chi connectivity index (χ4v) is 0.916. The van der Waals surface area contributed by atoms with Crippen LogP contribution in [0.25, 0.3) is 0 Å². The van der Waals surface area contributed by atoms with Crippen molar-refractivity contribution in [1.29, 1.82) is 5.26 Å². The van der Waals surface area contributed by atoms with Gasteiger partial charge >= 0.3 is 0 Å². The molecular formula is C8H16N2. The molecule has 0 aromatic rings. The minimum atomic E-state index is -0.198. The normalized spacial score (nSPS) is 14.3. The van der Waals surface area contributed by atoms with Gasteiger partial charge in [-0.1, -0.05) is 6.92 Å². The van der Waals surface area contributed by atoms with Crippen molar-refractivity contribution in [2.24, 2.45) is 11.7 Å². The summed E-state index contributed by atoms with van der Waals surface area (Å²) >= 11 is 0. The summed E-state index contributed by atoms with van der Waals surface area (Å²) in [4.78, 5) is 0. The summed E-state index contributed by atoms with van der Waals surface area (Å²) in [7, 11) is 0. The van der Waals surface area contributed by atoms with Crippen molar-refractivity contribution < 1.29 is 0 Å². The van der Waals surface area contributed by atoms with Crippen LogP contribution in [-0.4, -0.2) is 5.54 Å². The first-order valence-corrected chi connectivity index (χ1v) is 3.68. The van der Waals surface area contributed by atoms with Crippen LogP contribution in [0.1, 0.15) is 33.6 Å². The van der Waals surface area contributed by atoms with Crippen LogP contribution in [-0.2, 0) is 0 Å². The number of rotatable bonds is 3. The molecule has 0 bridgehead atoms. The highest BCUT2D eigenvalue weighted by molar-refractivity contribution is 4.88. The van der Waals surface area contributed by atoms with E-state index >= 15 is 0 Å². The van der Waals surface area contributed by atoms with E-state index in [2.05, 4.69) is 6.07 Å². The Balaban J connectivity index is 3.78. The Bertz CT molecular complexity index is 127. The third-order valence-electron chi connectivity index (χ3n) is 1.45. The van der Waals surface area contributed by atoms with E-state index in [1.54, 1.807) is 0 Å². The first-order chi connectivity index (χ1) is 4.49. The Hall–Kier alpha value is -0.550. The summed E-state index contributed by atoms with van der Waals surface area (Å²) < 4.78 is 0. The second-order valence-corrected chi connectivity index (χ2v) is 3.43. The quantitative estimate of drug-likeness (QED) is 0.648. The SMILES string of the molecule is CCC(C#N)CC(C)(C)N. The van der Waals surface area contributed by atoms with Gasteiger partial charge in [-0.05, 0) is 26.7 Å². The third kappa shape index (κ3) is 4.34. The van der Waals surface area contributed by atoms with Gasteiger partial charge in [-0.15, -0.1) is 0 Å². The van der Waals surface area contributed by atoms with E-state index in [4.69, 9.17) is 11.0 Å². The van der Waals surface area contributed by atoms with Gasteiger partial charge in [0.05, 0.1) is 6.07 Å². The molecule has 1 atom stereocenters. The van der Waals surface area contributed by atoms with E-state index in [0.717, 1.165) is 12.8 Å². The van der Waals surface area contributed by atoms with Crippen LogP contribution in [0.15, 0.2) is 0 Å². The summed E-state index contributed by atoms with van der Waals surface area (Å²) in [6, 6.07) is 2.23. The van der Waals surface area contributed by atoms with Crippen LogP contribution >= 0.6 is 0 Å². The lowest BCUT2D eigenvalue weighted by molar-refractivity contribution is 0.405. The van der Waals surface area contributed by atoms with Gasteiger partial charge in [-0.25, -0.2) is 0 Å². The van der Waals surface area contributed by atoms with Gasteiger partial charge in [0.15, 0.2) is 0 Å². The summed E-state index contributed by atoms with van der Waals surface area (Å²) in [5.74, 6) is 0.125. The van der Waals surface area contributed by atoms with Gasteiger partial charge in [0.2, 0.25) is 0 Å². The monoisotopic (exact) mass is 140 g/mol. The predicted octanol–water partition coefficient (Wildman–Crippen LogP) is 1.66. The Morgan fingerprint density at radius 3 is 2.20 bits per heavy atom. The molecule has 2 heteroatoms. The van der Waals surface area contributed by atoms with E-state index in [1.165, 1.54) is 0 Å². The summed E-state index contributed by atoms with van der Waals surface area (Å²) in [5, 5.41) is 8.58. The number of nitriles is 1. The Kier molecular flexibility index (Phi) is 3.38. The summed E-state index contributed by atoms with van der Waals surface area (Å²) in [6.07, 6.45) is 1.69. The number of hydrogen-bond acceptors (Lipinski definition) is 2. The van der Waals surface area contributed by atoms with Gasteiger partial charge in [0, 0.05) is 11.5 Å². The molecule has 0 saturated heterocycles. The topological polar surface area (TPSA) is 49.8 Å². The molecule has 0 aliphatic rings. The second-order valence-electron chi connectivity index (χ2n) is 3.43. The Labute approximate surface area is 63.0 Å². The Morgan fingerprint density at radius 1 is 1.60 bits per heavy atom. The van der Waals surface area contributed by atoms with Crippen LogP contribution < -0.4 is 5.73 Å². The lowest BCUT2D eigenvalue weighted by atomic mass is 9.91. The first-order valence-electron chi connectivity index (χ1n) is 3.68. The molecule has 0 aromatic carbocycles. The molecule has 58 valence electrons. The van der Waals surface area contributed by atoms with Gasteiger partial charge in [0.25, 0.3) is 0 Å². The van der Waals surface area contributed by atoms with Gasteiger partial charge < -0.3 is 5.73 Å². The first kappa shape index (κ1) is 9.45. The summed E-state index contributed by atoms with van der Waals surface area (Å²) in [6.45, 7) is 5.92. The zero-order chi connectivity index (χ0) is 8.20. The Morgan fingerprint density at radius 2 is 2.10 bits per heavy atom. The minimum Gasteiger partial charge on any atom is -0.326 e. The third-order valence-corrected chi connectivity index (χ3v) is 1.45. The molecule has 0 aliphatic carbocycles. The highest BCUT2D eigenvalue weighted by atomic mass is 14.7. The predicted molar refractivity (Wildman–Crippen MR) is 42.3 cm³/mol. The van der Waals surface area contributed by atoms with Gasteiger partial charge in [0.1, 0.15) is 0 Å². The number of nitrogens with two attached hydrogens (primary N) is 1. The van der Waals surface area contributed by atoms with Crippen LogP contribution in [0.5, 0.6) is 0 Å². The van der Waals surface area contributed by atoms with E-state index in [9.17, 15) is 0 Å². The van der Waals surface area contributed by atoms with Crippen LogP contribution in [0.2, 0.25) is 0 Å². The van der Waals surface area contributed by atoms with Crippen LogP contribution in [0.3, 0.4) is 0 Å². The molecule has 0 rings (SSSR count). The fraction of sp³-hybridized carbons (Fsp3) is 0.875. The minimum absolute atomic E-state index is 0.125. The lowest BCUT2D eigenvalue weighted by Crippen LogP contribution is -2.34. The molecule has 2 nitrogen and oxygen atoms in total. The molecule has 0 aromatic heterocycles. The van der Waals surface area contributed by atoms with Crippen molar-refractivity contribution in [2.75, 3.05) is 0 Å². The molecule has 0 saturated carbocycles. The van der Waals surface area contributed by atoms with E-state index in [0.29, 0.717) is 0 Å². The van der Waals surface area contributed by atoms with Crippen molar-refractivity contribution in [2.45, 2.75) is 39.2 Å². The lowest BCUT2D eigenvalue weighted by Gasteiger charge is -2.20. The zero-order valence-electron chi connectivity index (χ0n) is 7.02. The molecule has 10 heavy (non-hydrogen) atoms. The second kappa shape index (κ2) is 3.58. The summed E-state index contributed by atoms with van der Waals surface area (Å²) in [5.41, 5.74) is 5.54. The average Bonchev–Trinajstić information content (AvgIpc) is 1.81. The van der Waals surface area contributed by atoms with Crippen molar-refractivity contribution >= 4 is 0 Å². The smallest absolute Gasteiger partial charge is 0.0656 e. The molecule has 0 heterocycles.